The molecule has 8 aromatic carbocycles. The molecule has 10 aromatic rings. The molecule has 3 nitrogen and oxygen atoms in total. The molecule has 2 heterocycles. The summed E-state index contributed by atoms with van der Waals surface area (Å²) in [6, 6.07) is 58.5. The molecule has 218 valence electrons. The van der Waals surface area contributed by atoms with Crippen LogP contribution in [0.1, 0.15) is 0 Å². The van der Waals surface area contributed by atoms with Crippen LogP contribution in [0.4, 0.5) is 0 Å². The summed E-state index contributed by atoms with van der Waals surface area (Å²) >= 11 is 0. The smallest absolute Gasteiger partial charge is 0.165 e. The molecule has 0 N–H and O–H groups in total. The van der Waals surface area contributed by atoms with E-state index in [0.29, 0.717) is 0 Å². The lowest BCUT2D eigenvalue weighted by atomic mass is 9.99. The second-order valence-electron chi connectivity index (χ2n) is 12.3. The van der Waals surface area contributed by atoms with Crippen LogP contribution in [0.2, 0.25) is 0 Å². The van der Waals surface area contributed by atoms with Gasteiger partial charge in [0.15, 0.2) is 5.82 Å². The lowest BCUT2D eigenvalue weighted by molar-refractivity contribution is 1.08. The number of hydrogen-bond acceptors (Lipinski definition) is 2. The Balaban J connectivity index is 1.31. The maximum Gasteiger partial charge on any atom is 0.165 e. The summed E-state index contributed by atoms with van der Waals surface area (Å²) in [7, 11) is 0. The highest BCUT2D eigenvalue weighted by Crippen LogP contribution is 2.40. The number of benzene rings is 8. The van der Waals surface area contributed by atoms with Gasteiger partial charge in [0, 0.05) is 16.3 Å². The van der Waals surface area contributed by atoms with Gasteiger partial charge in [0.1, 0.15) is 5.69 Å². The lowest BCUT2D eigenvalue weighted by Crippen LogP contribution is -2.03. The molecule has 0 saturated heterocycles. The van der Waals surface area contributed by atoms with E-state index < -0.39 is 0 Å². The molecule has 3 heteroatoms. The van der Waals surface area contributed by atoms with Crippen molar-refractivity contribution >= 4 is 65.2 Å². The van der Waals surface area contributed by atoms with Crippen LogP contribution in [0.3, 0.4) is 0 Å². The number of fused-ring (bicyclic) bond motifs is 8. The average Bonchev–Trinajstić information content (AvgIpc) is 3.45. The molecule has 0 radical (unpaired) electrons. The maximum atomic E-state index is 5.39. The van der Waals surface area contributed by atoms with Crippen molar-refractivity contribution < 1.29 is 0 Å². The lowest BCUT2D eigenvalue weighted by Gasteiger charge is -2.15. The molecule has 0 atom stereocenters. The summed E-state index contributed by atoms with van der Waals surface area (Å²) in [4.78, 5) is 10.7. The zero-order valence-electron chi connectivity index (χ0n) is 25.4. The Labute approximate surface area is 271 Å². The number of aromatic nitrogens is 3. The molecule has 0 aliphatic carbocycles. The van der Waals surface area contributed by atoms with E-state index in [-0.39, 0.29) is 0 Å². The van der Waals surface area contributed by atoms with Crippen LogP contribution < -0.4 is 0 Å². The molecular weight excluding hydrogens is 571 g/mol. The molecule has 2 aromatic heterocycles. The fourth-order valence-corrected chi connectivity index (χ4v) is 7.24. The van der Waals surface area contributed by atoms with E-state index in [0.717, 1.165) is 39.1 Å². The number of para-hydroxylation sites is 2. The first-order chi connectivity index (χ1) is 23.3. The minimum absolute atomic E-state index is 0.826. The van der Waals surface area contributed by atoms with Crippen LogP contribution in [-0.4, -0.2) is 14.5 Å². The molecule has 47 heavy (non-hydrogen) atoms. The Kier molecular flexibility index (Phi) is 5.57. The predicted octanol–water partition coefficient (Wildman–Crippen LogP) is 11.5. The van der Waals surface area contributed by atoms with Crippen LogP contribution in [-0.2, 0) is 0 Å². The van der Waals surface area contributed by atoms with Gasteiger partial charge in [0.25, 0.3) is 0 Å². The molecule has 0 bridgehead atoms. The Morgan fingerprint density at radius 1 is 0.340 bits per heavy atom. The first kappa shape index (κ1) is 26.0. The molecule has 10 rings (SSSR count). The van der Waals surface area contributed by atoms with Gasteiger partial charge in [-0.2, -0.15) is 0 Å². The Bertz CT molecular complexity index is 2850. The normalized spacial score (nSPS) is 11.8. The van der Waals surface area contributed by atoms with E-state index in [9.17, 15) is 0 Å². The summed E-state index contributed by atoms with van der Waals surface area (Å²) in [5.41, 5.74) is 8.25. The highest BCUT2D eigenvalue weighted by atomic mass is 15.1. The average molecular weight is 598 g/mol. The third kappa shape index (κ3) is 4.07. The summed E-state index contributed by atoms with van der Waals surface area (Å²) in [5.74, 6) is 0.826. The third-order valence-corrected chi connectivity index (χ3v) is 9.52. The predicted molar refractivity (Wildman–Crippen MR) is 197 cm³/mol. The van der Waals surface area contributed by atoms with Crippen molar-refractivity contribution in [3.8, 4) is 28.2 Å². The standard InChI is InChI=1S/C44H27N3/c1-2-10-28(11-3-1)32-21-23-41-37(26-32)38-25-30-13-4-5-14-31(30)27-42(38)47(41)44-43(45-39-16-8-9-17-40(39)46-44)34-20-22-36-33(24-34)19-18-29-12-6-7-15-35(29)36/h1-27H. The van der Waals surface area contributed by atoms with Gasteiger partial charge >= 0.3 is 0 Å². The van der Waals surface area contributed by atoms with Crippen molar-refractivity contribution in [2.24, 2.45) is 0 Å². The molecule has 0 aliphatic rings. The molecule has 0 amide bonds. The van der Waals surface area contributed by atoms with E-state index in [1.165, 1.54) is 54.2 Å². The summed E-state index contributed by atoms with van der Waals surface area (Å²) in [6.07, 6.45) is 0. The van der Waals surface area contributed by atoms with Crippen LogP contribution in [0.5, 0.6) is 0 Å². The Morgan fingerprint density at radius 2 is 0.979 bits per heavy atom. The highest BCUT2D eigenvalue weighted by Gasteiger charge is 2.20. The molecular formula is C44H27N3. The van der Waals surface area contributed by atoms with Gasteiger partial charge in [-0.05, 0) is 85.9 Å². The molecule has 0 fully saturated rings. The summed E-state index contributed by atoms with van der Waals surface area (Å²) in [6.45, 7) is 0. The largest absolute Gasteiger partial charge is 0.292 e. The summed E-state index contributed by atoms with van der Waals surface area (Å²) in [5, 5.41) is 9.72. The monoisotopic (exact) mass is 597 g/mol. The van der Waals surface area contributed by atoms with Crippen LogP contribution in [0.25, 0.3) is 93.4 Å². The maximum absolute atomic E-state index is 5.39. The topological polar surface area (TPSA) is 30.7 Å². The van der Waals surface area contributed by atoms with Crippen molar-refractivity contribution in [1.29, 1.82) is 0 Å². The fraction of sp³-hybridized carbons (Fsp3) is 0. The van der Waals surface area contributed by atoms with E-state index >= 15 is 0 Å². The SMILES string of the molecule is c1ccc(-c2ccc3c(c2)c2cc4ccccc4cc2n3-c2nc3ccccc3nc2-c2ccc3c(ccc4ccccc43)c2)cc1. The molecule has 0 unspecified atom stereocenters. The summed E-state index contributed by atoms with van der Waals surface area (Å²) < 4.78 is 2.32. The number of nitrogens with zero attached hydrogens (tertiary/aromatic N) is 3. The van der Waals surface area contributed by atoms with Gasteiger partial charge < -0.3 is 0 Å². The van der Waals surface area contributed by atoms with Crippen LogP contribution >= 0.6 is 0 Å². The van der Waals surface area contributed by atoms with Crippen molar-refractivity contribution in [3.05, 3.63) is 164 Å². The van der Waals surface area contributed by atoms with Crippen molar-refractivity contribution in [1.82, 2.24) is 14.5 Å². The molecule has 0 saturated carbocycles. The van der Waals surface area contributed by atoms with Gasteiger partial charge in [-0.3, -0.25) is 4.57 Å². The minimum atomic E-state index is 0.826. The number of rotatable bonds is 3. The Hall–Kier alpha value is -6.32. The van der Waals surface area contributed by atoms with Gasteiger partial charge in [-0.15, -0.1) is 0 Å². The van der Waals surface area contributed by atoms with Gasteiger partial charge in [-0.1, -0.05) is 121 Å². The highest BCUT2D eigenvalue weighted by molar-refractivity contribution is 6.15. The number of hydrogen-bond donors (Lipinski definition) is 0. The van der Waals surface area contributed by atoms with Crippen molar-refractivity contribution in [2.75, 3.05) is 0 Å². The van der Waals surface area contributed by atoms with Crippen molar-refractivity contribution in [2.45, 2.75) is 0 Å². The van der Waals surface area contributed by atoms with E-state index in [1.54, 1.807) is 0 Å². The zero-order valence-corrected chi connectivity index (χ0v) is 25.4. The Morgan fingerprint density at radius 3 is 1.83 bits per heavy atom. The first-order valence-electron chi connectivity index (χ1n) is 16.0. The second kappa shape index (κ2) is 10.1. The zero-order chi connectivity index (χ0) is 30.9. The van der Waals surface area contributed by atoms with Gasteiger partial charge in [0.2, 0.25) is 0 Å². The quantitative estimate of drug-likeness (QED) is 0.190. The van der Waals surface area contributed by atoms with Gasteiger partial charge in [0.05, 0.1) is 22.1 Å². The van der Waals surface area contributed by atoms with Crippen LogP contribution in [0.15, 0.2) is 164 Å². The molecule has 0 aliphatic heterocycles. The van der Waals surface area contributed by atoms with Crippen molar-refractivity contribution in [3.63, 3.8) is 0 Å². The van der Waals surface area contributed by atoms with E-state index in [4.69, 9.17) is 9.97 Å². The van der Waals surface area contributed by atoms with E-state index in [2.05, 4.69) is 156 Å². The minimum Gasteiger partial charge on any atom is -0.292 e. The molecule has 0 spiro atoms. The third-order valence-electron chi connectivity index (χ3n) is 9.52. The van der Waals surface area contributed by atoms with Gasteiger partial charge in [-0.25, -0.2) is 9.97 Å². The van der Waals surface area contributed by atoms with E-state index in [1.807, 2.05) is 12.1 Å². The fourth-order valence-electron chi connectivity index (χ4n) is 7.24. The van der Waals surface area contributed by atoms with Crippen LogP contribution in [0, 0.1) is 0 Å². The first-order valence-corrected chi connectivity index (χ1v) is 16.0. The second-order valence-corrected chi connectivity index (χ2v) is 12.3.